The van der Waals surface area contributed by atoms with Crippen LogP contribution in [0.2, 0.25) is 0 Å². The van der Waals surface area contributed by atoms with Crippen molar-refractivity contribution >= 4 is 0 Å². The molecule has 1 aliphatic rings. The Kier molecular flexibility index (Phi) is 3.79. The van der Waals surface area contributed by atoms with E-state index in [-0.39, 0.29) is 0 Å². The van der Waals surface area contributed by atoms with E-state index in [1.165, 1.54) is 25.7 Å². The Morgan fingerprint density at radius 1 is 1.31 bits per heavy atom. The van der Waals surface area contributed by atoms with E-state index in [1.807, 2.05) is 6.92 Å². The Balaban J connectivity index is 2.51. The Morgan fingerprint density at radius 2 is 1.92 bits per heavy atom. The number of allylic oxidation sites excluding steroid dienone is 1. The maximum atomic E-state index is 3.91. The van der Waals surface area contributed by atoms with E-state index in [1.54, 1.807) is 0 Å². The molecular formula is C11H22N2. The molecule has 0 aromatic carbocycles. The Hall–Kier alpha value is -0.500. The lowest BCUT2D eigenvalue weighted by Crippen LogP contribution is -2.48. The molecule has 2 nitrogen and oxygen atoms in total. The predicted molar refractivity (Wildman–Crippen MR) is 57.7 cm³/mol. The summed E-state index contributed by atoms with van der Waals surface area (Å²) in [6.45, 7) is 5.96. The molecule has 1 saturated carbocycles. The van der Waals surface area contributed by atoms with Crippen molar-refractivity contribution in [2.24, 2.45) is 0 Å². The van der Waals surface area contributed by atoms with Crippen molar-refractivity contribution in [1.29, 1.82) is 0 Å². The molecule has 0 amide bonds. The summed E-state index contributed by atoms with van der Waals surface area (Å²) in [6, 6.07) is 1.30. The van der Waals surface area contributed by atoms with Crippen LogP contribution in [0.1, 0.15) is 32.6 Å². The highest BCUT2D eigenvalue weighted by atomic mass is 15.1. The predicted octanol–water partition coefficient (Wildman–Crippen LogP) is 1.98. The third-order valence-corrected chi connectivity index (χ3v) is 2.82. The van der Waals surface area contributed by atoms with Gasteiger partial charge in [-0.3, -0.25) is 0 Å². The number of likely N-dealkylation sites (N-methyl/N-ethyl adjacent to an activating group) is 1. The minimum Gasteiger partial charge on any atom is -0.385 e. The Bertz CT molecular complexity index is 175. The van der Waals surface area contributed by atoms with Crippen LogP contribution in [0.15, 0.2) is 12.3 Å². The first-order valence-electron chi connectivity index (χ1n) is 5.19. The van der Waals surface area contributed by atoms with E-state index in [0.717, 1.165) is 5.70 Å². The molecule has 76 valence electrons. The molecule has 0 bridgehead atoms. The van der Waals surface area contributed by atoms with Crippen LogP contribution >= 0.6 is 0 Å². The highest BCUT2D eigenvalue weighted by Gasteiger charge is 2.25. The lowest BCUT2D eigenvalue weighted by atomic mass is 9.89. The van der Waals surface area contributed by atoms with Gasteiger partial charge in [-0.2, -0.15) is 0 Å². The van der Waals surface area contributed by atoms with E-state index in [0.29, 0.717) is 12.1 Å². The molecule has 2 heteroatoms. The van der Waals surface area contributed by atoms with Gasteiger partial charge >= 0.3 is 0 Å². The van der Waals surface area contributed by atoms with Crippen molar-refractivity contribution in [1.82, 2.24) is 10.2 Å². The van der Waals surface area contributed by atoms with Gasteiger partial charge in [-0.1, -0.05) is 19.4 Å². The van der Waals surface area contributed by atoms with E-state index in [4.69, 9.17) is 0 Å². The van der Waals surface area contributed by atoms with Gasteiger partial charge in [0, 0.05) is 17.8 Å². The Labute approximate surface area is 82.0 Å². The van der Waals surface area contributed by atoms with Gasteiger partial charge in [0.15, 0.2) is 0 Å². The lowest BCUT2D eigenvalue weighted by molar-refractivity contribution is 0.184. The molecule has 0 spiro atoms. The summed E-state index contributed by atoms with van der Waals surface area (Å²) >= 11 is 0. The van der Waals surface area contributed by atoms with Crippen LogP contribution < -0.4 is 5.32 Å². The van der Waals surface area contributed by atoms with Crippen LogP contribution in [0.4, 0.5) is 0 Å². The first kappa shape index (κ1) is 10.6. The fourth-order valence-corrected chi connectivity index (χ4v) is 2.21. The van der Waals surface area contributed by atoms with Gasteiger partial charge in [0.25, 0.3) is 0 Å². The summed E-state index contributed by atoms with van der Waals surface area (Å²) < 4.78 is 0. The second-order valence-corrected chi connectivity index (χ2v) is 4.35. The topological polar surface area (TPSA) is 15.3 Å². The zero-order chi connectivity index (χ0) is 9.84. The minimum atomic E-state index is 0.612. The van der Waals surface area contributed by atoms with Crippen LogP contribution in [-0.2, 0) is 0 Å². The third kappa shape index (κ3) is 3.03. The molecule has 0 heterocycles. The van der Waals surface area contributed by atoms with Crippen LogP contribution in [0.3, 0.4) is 0 Å². The van der Waals surface area contributed by atoms with Gasteiger partial charge in [0.2, 0.25) is 0 Å². The summed E-state index contributed by atoms with van der Waals surface area (Å²) in [4.78, 5) is 2.33. The van der Waals surface area contributed by atoms with E-state index in [2.05, 4.69) is 30.9 Å². The van der Waals surface area contributed by atoms with Gasteiger partial charge in [0.05, 0.1) is 0 Å². The van der Waals surface area contributed by atoms with Gasteiger partial charge in [0.1, 0.15) is 0 Å². The van der Waals surface area contributed by atoms with Crippen molar-refractivity contribution in [2.45, 2.75) is 44.7 Å². The normalized spacial score (nSPS) is 28.9. The van der Waals surface area contributed by atoms with E-state index < -0.39 is 0 Å². The molecule has 0 radical (unpaired) electrons. The molecule has 1 N–H and O–H groups in total. The molecule has 0 aromatic heterocycles. The standard InChI is InChI=1S/C11H22N2/c1-9(2)12-10-7-5-6-8-11(10)13(3)4/h10-12H,1,5-8H2,2-4H3/t10-,11-/m0/s1. The SMILES string of the molecule is C=C(C)N[C@H]1CCCC[C@@H]1N(C)C. The summed E-state index contributed by atoms with van der Waals surface area (Å²) in [5, 5.41) is 3.48. The zero-order valence-corrected chi connectivity index (χ0v) is 9.14. The highest BCUT2D eigenvalue weighted by molar-refractivity contribution is 4.95. The number of nitrogens with one attached hydrogen (secondary N) is 1. The van der Waals surface area contributed by atoms with Crippen LogP contribution in [-0.4, -0.2) is 31.1 Å². The first-order chi connectivity index (χ1) is 6.11. The summed E-state index contributed by atoms with van der Waals surface area (Å²) in [7, 11) is 4.34. The summed E-state index contributed by atoms with van der Waals surface area (Å²) in [5.74, 6) is 0. The van der Waals surface area contributed by atoms with E-state index >= 15 is 0 Å². The van der Waals surface area contributed by atoms with Crippen LogP contribution in [0.5, 0.6) is 0 Å². The van der Waals surface area contributed by atoms with E-state index in [9.17, 15) is 0 Å². The van der Waals surface area contributed by atoms with Crippen LogP contribution in [0.25, 0.3) is 0 Å². The molecule has 13 heavy (non-hydrogen) atoms. The molecule has 0 aromatic rings. The molecule has 2 atom stereocenters. The van der Waals surface area contributed by atoms with Crippen molar-refractivity contribution in [3.63, 3.8) is 0 Å². The fraction of sp³-hybridized carbons (Fsp3) is 0.818. The van der Waals surface area contributed by atoms with Gasteiger partial charge in [-0.15, -0.1) is 0 Å². The number of rotatable bonds is 3. The third-order valence-electron chi connectivity index (χ3n) is 2.82. The van der Waals surface area contributed by atoms with Crippen molar-refractivity contribution in [3.05, 3.63) is 12.3 Å². The fourth-order valence-electron chi connectivity index (χ4n) is 2.21. The first-order valence-corrected chi connectivity index (χ1v) is 5.19. The quantitative estimate of drug-likeness (QED) is 0.718. The number of hydrogen-bond acceptors (Lipinski definition) is 2. The Morgan fingerprint density at radius 3 is 2.46 bits per heavy atom. The highest BCUT2D eigenvalue weighted by Crippen LogP contribution is 2.22. The largest absolute Gasteiger partial charge is 0.385 e. The minimum absolute atomic E-state index is 0.612. The molecular weight excluding hydrogens is 160 g/mol. The maximum Gasteiger partial charge on any atom is 0.0413 e. The number of nitrogens with zero attached hydrogens (tertiary/aromatic N) is 1. The zero-order valence-electron chi connectivity index (χ0n) is 9.14. The van der Waals surface area contributed by atoms with Crippen LogP contribution in [0, 0.1) is 0 Å². The lowest BCUT2D eigenvalue weighted by Gasteiger charge is -2.37. The van der Waals surface area contributed by atoms with Gasteiger partial charge < -0.3 is 10.2 Å². The molecule has 1 aliphatic carbocycles. The van der Waals surface area contributed by atoms with Crippen molar-refractivity contribution in [3.8, 4) is 0 Å². The summed E-state index contributed by atoms with van der Waals surface area (Å²) in [6.07, 6.45) is 5.33. The average Bonchev–Trinajstić information content (AvgIpc) is 2.03. The molecule has 0 saturated heterocycles. The molecule has 0 unspecified atom stereocenters. The van der Waals surface area contributed by atoms with Gasteiger partial charge in [-0.05, 0) is 33.9 Å². The monoisotopic (exact) mass is 182 g/mol. The van der Waals surface area contributed by atoms with Gasteiger partial charge in [-0.25, -0.2) is 0 Å². The second-order valence-electron chi connectivity index (χ2n) is 4.35. The number of hydrogen-bond donors (Lipinski definition) is 1. The second kappa shape index (κ2) is 4.66. The molecule has 1 fully saturated rings. The average molecular weight is 182 g/mol. The molecule has 0 aliphatic heterocycles. The maximum absolute atomic E-state index is 3.91. The smallest absolute Gasteiger partial charge is 0.0413 e. The summed E-state index contributed by atoms with van der Waals surface area (Å²) in [5.41, 5.74) is 1.10. The molecule has 1 rings (SSSR count). The van der Waals surface area contributed by atoms with Crippen molar-refractivity contribution in [2.75, 3.05) is 14.1 Å². The van der Waals surface area contributed by atoms with Crippen molar-refractivity contribution < 1.29 is 0 Å².